The van der Waals surface area contributed by atoms with Crippen LogP contribution in [0.4, 0.5) is 5.69 Å². The maximum atomic E-state index is 13.7. The molecule has 0 saturated heterocycles. The molecule has 168 valence electrons. The fourth-order valence-electron chi connectivity index (χ4n) is 4.50. The molecule has 5 rings (SSSR count). The van der Waals surface area contributed by atoms with E-state index in [0.717, 1.165) is 24.7 Å². The van der Waals surface area contributed by atoms with Gasteiger partial charge in [-0.05, 0) is 51.1 Å². The van der Waals surface area contributed by atoms with E-state index in [1.54, 1.807) is 39.5 Å². The van der Waals surface area contributed by atoms with Crippen LogP contribution < -0.4 is 9.64 Å². The van der Waals surface area contributed by atoms with Crippen LogP contribution in [-0.4, -0.2) is 35.8 Å². The van der Waals surface area contributed by atoms with E-state index < -0.39 is 17.4 Å². The number of benzene rings is 2. The number of carbonyl (C=O) groups is 3. The van der Waals surface area contributed by atoms with E-state index in [2.05, 4.69) is 0 Å². The Morgan fingerprint density at radius 2 is 1.70 bits per heavy atom. The molecule has 3 aromatic rings. The lowest BCUT2D eigenvalue weighted by Crippen LogP contribution is -2.52. The highest BCUT2D eigenvalue weighted by atomic mass is 32.9. The topological polar surface area (TPSA) is 66.9 Å². The van der Waals surface area contributed by atoms with Crippen LogP contribution in [0, 0.1) is 3.82 Å². The molecule has 0 fully saturated rings. The number of nitrogens with zero attached hydrogens (tertiary/aromatic N) is 2. The monoisotopic (exact) mass is 496 g/mol. The lowest BCUT2D eigenvalue weighted by atomic mass is 9.87. The predicted molar refractivity (Wildman–Crippen MR) is 132 cm³/mol. The Morgan fingerprint density at radius 3 is 2.33 bits per heavy atom. The third kappa shape index (κ3) is 3.25. The predicted octanol–water partition coefficient (Wildman–Crippen LogP) is 5.48. The average Bonchev–Trinajstić information content (AvgIpc) is 3.29. The quantitative estimate of drug-likeness (QED) is 0.272. The second-order valence-corrected chi connectivity index (χ2v) is 11.1. The first-order valence-corrected chi connectivity index (χ1v) is 13.0. The number of fused-ring (bicyclic) bond motifs is 4. The summed E-state index contributed by atoms with van der Waals surface area (Å²) in [6, 6.07) is 12.2. The van der Waals surface area contributed by atoms with E-state index in [1.165, 1.54) is 10.3 Å². The molecular weight excluding hydrogens is 476 g/mol. The molecule has 0 bridgehead atoms. The zero-order chi connectivity index (χ0) is 23.5. The van der Waals surface area contributed by atoms with Gasteiger partial charge in [0, 0.05) is 11.1 Å². The van der Waals surface area contributed by atoms with Crippen molar-refractivity contribution < 1.29 is 19.1 Å². The fourth-order valence-corrected chi connectivity index (χ4v) is 7.78. The van der Waals surface area contributed by atoms with Crippen molar-refractivity contribution in [2.45, 2.75) is 26.3 Å². The number of hydrogen-bond acceptors (Lipinski definition) is 7. The molecule has 2 aliphatic rings. The Balaban J connectivity index is 1.57. The molecule has 0 atom stereocenters. The summed E-state index contributed by atoms with van der Waals surface area (Å²) in [5.41, 5.74) is 2.42. The number of imide groups is 1. The number of hydrogen-bond donors (Lipinski definition) is 0. The first kappa shape index (κ1) is 21.9. The maximum absolute atomic E-state index is 13.7. The van der Waals surface area contributed by atoms with Crippen LogP contribution in [0.2, 0.25) is 0 Å². The summed E-state index contributed by atoms with van der Waals surface area (Å²) in [7, 11) is 3.06. The smallest absolute Gasteiger partial charge is 0.262 e. The second kappa shape index (κ2) is 7.86. The molecule has 0 saturated carbocycles. The van der Waals surface area contributed by atoms with Gasteiger partial charge in [-0.1, -0.05) is 45.0 Å². The molecule has 9 heteroatoms. The van der Waals surface area contributed by atoms with Crippen LogP contribution in [0.15, 0.2) is 42.5 Å². The number of ether oxygens (including phenoxy) is 1. The molecule has 3 heterocycles. The third-order valence-electron chi connectivity index (χ3n) is 5.96. The van der Waals surface area contributed by atoms with Gasteiger partial charge in [-0.2, -0.15) is 0 Å². The number of carbonyl (C=O) groups excluding carboxylic acids is 3. The lowest BCUT2D eigenvalue weighted by Gasteiger charge is -2.43. The zero-order valence-electron chi connectivity index (χ0n) is 18.2. The van der Waals surface area contributed by atoms with Crippen LogP contribution in [0.3, 0.4) is 0 Å². The Hall–Kier alpha value is -2.88. The highest BCUT2D eigenvalue weighted by Crippen LogP contribution is 2.52. The standard InChI is InChI=1S/C24H20N2O4S3/c1-4-30-13-9-10-17-16(11-13)19-20(32-33-23(19)31)24(2,3)26(17)18(27)12-25-21(28)14-7-5-6-8-15(14)22(25)29/h5-11H,4,12H2,1-3H3. The molecule has 0 N–H and O–H groups in total. The highest BCUT2D eigenvalue weighted by molar-refractivity contribution is 7.80. The summed E-state index contributed by atoms with van der Waals surface area (Å²) in [5.74, 6) is -0.537. The molecule has 33 heavy (non-hydrogen) atoms. The summed E-state index contributed by atoms with van der Waals surface area (Å²) in [6.07, 6.45) is 0. The minimum Gasteiger partial charge on any atom is -0.494 e. The zero-order valence-corrected chi connectivity index (χ0v) is 20.7. The highest BCUT2D eigenvalue weighted by Gasteiger charge is 2.45. The molecular formula is C24H20N2O4S3. The lowest BCUT2D eigenvalue weighted by molar-refractivity contribution is -0.120. The van der Waals surface area contributed by atoms with E-state index in [9.17, 15) is 14.4 Å². The number of anilines is 1. The van der Waals surface area contributed by atoms with Gasteiger partial charge in [0.25, 0.3) is 11.8 Å². The van der Waals surface area contributed by atoms with Gasteiger partial charge in [-0.15, -0.1) is 0 Å². The van der Waals surface area contributed by atoms with E-state index >= 15 is 0 Å². The molecule has 6 nitrogen and oxygen atoms in total. The Kier molecular flexibility index (Phi) is 5.23. The normalized spacial score (nSPS) is 15.8. The fraction of sp³-hybridized carbons (Fsp3) is 0.250. The van der Waals surface area contributed by atoms with Crippen molar-refractivity contribution in [2.75, 3.05) is 18.1 Å². The minimum atomic E-state index is -0.705. The summed E-state index contributed by atoms with van der Waals surface area (Å²) >= 11 is 5.64. The minimum absolute atomic E-state index is 0.327. The van der Waals surface area contributed by atoms with Gasteiger partial charge in [-0.25, -0.2) is 0 Å². The SMILES string of the molecule is CCOc1ccc2c(c1)-c1c(ssc1=S)C(C)(C)N2C(=O)CN1C(=O)c2ccccc2C1=O. The van der Waals surface area contributed by atoms with Crippen molar-refractivity contribution >= 4 is 56.3 Å². The Labute approximate surface area is 203 Å². The van der Waals surface area contributed by atoms with Crippen LogP contribution >= 0.6 is 32.9 Å². The molecule has 2 aromatic carbocycles. The van der Waals surface area contributed by atoms with Gasteiger partial charge in [0.1, 0.15) is 16.1 Å². The number of rotatable bonds is 4. The van der Waals surface area contributed by atoms with Gasteiger partial charge < -0.3 is 4.74 Å². The van der Waals surface area contributed by atoms with Crippen molar-refractivity contribution in [3.05, 3.63) is 62.3 Å². The summed E-state index contributed by atoms with van der Waals surface area (Å²) < 4.78 is 6.46. The van der Waals surface area contributed by atoms with Crippen LogP contribution in [0.25, 0.3) is 11.1 Å². The average molecular weight is 497 g/mol. The Bertz CT molecular complexity index is 1350. The van der Waals surface area contributed by atoms with Crippen molar-refractivity contribution in [3.63, 3.8) is 0 Å². The first-order chi connectivity index (χ1) is 15.8. The van der Waals surface area contributed by atoms with Gasteiger partial charge in [0.2, 0.25) is 5.91 Å². The summed E-state index contributed by atoms with van der Waals surface area (Å²) in [5, 5.41) is 0. The van der Waals surface area contributed by atoms with Crippen molar-refractivity contribution in [2.24, 2.45) is 0 Å². The van der Waals surface area contributed by atoms with Crippen molar-refractivity contribution in [1.29, 1.82) is 0 Å². The van der Waals surface area contributed by atoms with Gasteiger partial charge in [0.15, 0.2) is 0 Å². The van der Waals surface area contributed by atoms with Crippen LogP contribution in [0.5, 0.6) is 5.75 Å². The largest absolute Gasteiger partial charge is 0.494 e. The number of amides is 3. The third-order valence-corrected chi connectivity index (χ3v) is 9.29. The van der Waals surface area contributed by atoms with Gasteiger partial charge in [0.05, 0.1) is 33.8 Å². The first-order valence-electron chi connectivity index (χ1n) is 10.4. The Morgan fingerprint density at radius 1 is 1.03 bits per heavy atom. The summed E-state index contributed by atoms with van der Waals surface area (Å²) in [4.78, 5) is 43.1. The molecule has 3 amide bonds. The molecule has 0 unspecified atom stereocenters. The van der Waals surface area contributed by atoms with Crippen molar-refractivity contribution in [3.8, 4) is 16.9 Å². The van der Waals surface area contributed by atoms with E-state index in [0.29, 0.717) is 29.2 Å². The van der Waals surface area contributed by atoms with Gasteiger partial charge in [-0.3, -0.25) is 24.2 Å². The van der Waals surface area contributed by atoms with E-state index in [4.69, 9.17) is 17.0 Å². The molecule has 0 aliphatic carbocycles. The van der Waals surface area contributed by atoms with E-state index in [-0.39, 0.29) is 12.5 Å². The van der Waals surface area contributed by atoms with Crippen LogP contribution in [-0.2, 0) is 10.3 Å². The second-order valence-electron chi connectivity index (χ2n) is 8.30. The molecule has 1 aromatic heterocycles. The molecule has 0 radical (unpaired) electrons. The molecule has 2 aliphatic heterocycles. The van der Waals surface area contributed by atoms with Gasteiger partial charge >= 0.3 is 0 Å². The van der Waals surface area contributed by atoms with E-state index in [1.807, 2.05) is 39.0 Å². The summed E-state index contributed by atoms with van der Waals surface area (Å²) in [6.45, 7) is 6.02. The maximum Gasteiger partial charge on any atom is 0.262 e. The van der Waals surface area contributed by atoms with Crippen molar-refractivity contribution in [1.82, 2.24) is 4.90 Å². The van der Waals surface area contributed by atoms with Crippen LogP contribution in [0.1, 0.15) is 46.4 Å². The molecule has 0 spiro atoms.